The lowest BCUT2D eigenvalue weighted by Gasteiger charge is -2.17. The van der Waals surface area contributed by atoms with Crippen molar-refractivity contribution in [2.24, 2.45) is 0 Å². The molecular formula is C14H21BrF2N2. The first kappa shape index (κ1) is 16.5. The summed E-state index contributed by atoms with van der Waals surface area (Å²) in [6.45, 7) is 5.32. The minimum atomic E-state index is -2.29. The van der Waals surface area contributed by atoms with E-state index < -0.39 is 6.43 Å². The molecule has 0 amide bonds. The molecule has 0 radical (unpaired) electrons. The lowest BCUT2D eigenvalue weighted by molar-refractivity contribution is 0.0975. The molecule has 1 aromatic rings. The summed E-state index contributed by atoms with van der Waals surface area (Å²) in [4.78, 5) is 1.62. The van der Waals surface area contributed by atoms with Crippen LogP contribution in [-0.4, -0.2) is 31.0 Å². The van der Waals surface area contributed by atoms with E-state index in [0.717, 1.165) is 16.6 Å². The molecule has 0 aliphatic heterocycles. The lowest BCUT2D eigenvalue weighted by atomic mass is 10.1. The molecular weight excluding hydrogens is 314 g/mol. The van der Waals surface area contributed by atoms with Crippen LogP contribution in [0.1, 0.15) is 25.0 Å². The molecule has 0 spiro atoms. The number of rotatable bonds is 7. The Bertz CT molecular complexity index is 397. The molecule has 0 saturated heterocycles. The van der Waals surface area contributed by atoms with Gasteiger partial charge in [0.05, 0.1) is 6.54 Å². The van der Waals surface area contributed by atoms with Crippen molar-refractivity contribution in [2.75, 3.05) is 13.6 Å². The van der Waals surface area contributed by atoms with E-state index in [1.807, 2.05) is 18.2 Å². The second kappa shape index (κ2) is 7.92. The Kier molecular flexibility index (Phi) is 6.89. The largest absolute Gasteiger partial charge is 0.310 e. The van der Waals surface area contributed by atoms with Crippen molar-refractivity contribution in [1.82, 2.24) is 10.2 Å². The average molecular weight is 335 g/mol. The van der Waals surface area contributed by atoms with Crippen molar-refractivity contribution in [1.29, 1.82) is 0 Å². The van der Waals surface area contributed by atoms with Crippen LogP contribution in [0, 0.1) is 0 Å². The summed E-state index contributed by atoms with van der Waals surface area (Å²) < 4.78 is 25.5. The predicted octanol–water partition coefficient (Wildman–Crippen LogP) is 3.64. The molecule has 0 fully saturated rings. The number of nitrogens with one attached hydrogen (secondary N) is 1. The minimum absolute atomic E-state index is 0.205. The summed E-state index contributed by atoms with van der Waals surface area (Å²) in [5.74, 6) is 0. The molecule has 0 aliphatic carbocycles. The van der Waals surface area contributed by atoms with E-state index in [1.165, 1.54) is 5.56 Å². The zero-order chi connectivity index (χ0) is 14.4. The van der Waals surface area contributed by atoms with E-state index in [9.17, 15) is 8.78 Å². The molecule has 0 aliphatic rings. The predicted molar refractivity (Wildman–Crippen MR) is 78.5 cm³/mol. The molecule has 108 valence electrons. The third kappa shape index (κ3) is 6.45. The van der Waals surface area contributed by atoms with Crippen molar-refractivity contribution in [3.05, 3.63) is 33.8 Å². The fourth-order valence-electron chi connectivity index (χ4n) is 1.74. The van der Waals surface area contributed by atoms with Crippen LogP contribution < -0.4 is 5.32 Å². The Morgan fingerprint density at radius 1 is 1.32 bits per heavy atom. The molecule has 0 unspecified atom stereocenters. The lowest BCUT2D eigenvalue weighted by Crippen LogP contribution is -2.24. The molecule has 2 nitrogen and oxygen atoms in total. The third-order valence-corrected chi connectivity index (χ3v) is 3.46. The molecule has 1 N–H and O–H groups in total. The van der Waals surface area contributed by atoms with Gasteiger partial charge in [-0.3, -0.25) is 4.90 Å². The van der Waals surface area contributed by atoms with Crippen LogP contribution in [0.2, 0.25) is 0 Å². The summed E-state index contributed by atoms with van der Waals surface area (Å²) in [6, 6.07) is 6.51. The summed E-state index contributed by atoms with van der Waals surface area (Å²) in [5.41, 5.74) is 2.21. The van der Waals surface area contributed by atoms with Crippen molar-refractivity contribution >= 4 is 15.9 Å². The molecule has 1 aromatic carbocycles. The van der Waals surface area contributed by atoms with Crippen LogP contribution in [0.4, 0.5) is 8.78 Å². The van der Waals surface area contributed by atoms with Crippen LogP contribution in [0.5, 0.6) is 0 Å². The monoisotopic (exact) mass is 334 g/mol. The van der Waals surface area contributed by atoms with Gasteiger partial charge in [0.2, 0.25) is 0 Å². The maximum atomic E-state index is 12.3. The van der Waals surface area contributed by atoms with Crippen molar-refractivity contribution < 1.29 is 8.78 Å². The normalized spacial score (nSPS) is 11.8. The first-order valence-corrected chi connectivity index (χ1v) is 7.15. The zero-order valence-electron chi connectivity index (χ0n) is 11.6. The van der Waals surface area contributed by atoms with Gasteiger partial charge in [0.1, 0.15) is 0 Å². The first-order chi connectivity index (χ1) is 8.88. The molecule has 0 heterocycles. The number of hydrogen-bond acceptors (Lipinski definition) is 2. The molecule has 0 bridgehead atoms. The van der Waals surface area contributed by atoms with Gasteiger partial charge >= 0.3 is 0 Å². The van der Waals surface area contributed by atoms with Crippen molar-refractivity contribution in [3.8, 4) is 0 Å². The van der Waals surface area contributed by atoms with Crippen molar-refractivity contribution in [2.45, 2.75) is 39.4 Å². The van der Waals surface area contributed by atoms with Gasteiger partial charge in [-0.25, -0.2) is 8.78 Å². The SMILES string of the molecule is CC(C)NCc1ccc(CN(C)CC(F)F)c(Br)c1. The van der Waals surface area contributed by atoms with E-state index in [-0.39, 0.29) is 6.54 Å². The number of benzene rings is 1. The maximum Gasteiger partial charge on any atom is 0.251 e. The van der Waals surface area contributed by atoms with Crippen LogP contribution in [0.15, 0.2) is 22.7 Å². The summed E-state index contributed by atoms with van der Waals surface area (Å²) in [7, 11) is 1.70. The Morgan fingerprint density at radius 3 is 2.53 bits per heavy atom. The fourth-order valence-corrected chi connectivity index (χ4v) is 2.29. The number of hydrogen-bond donors (Lipinski definition) is 1. The van der Waals surface area contributed by atoms with Gasteiger partial charge in [-0.05, 0) is 24.2 Å². The zero-order valence-corrected chi connectivity index (χ0v) is 13.2. The molecule has 0 atom stereocenters. The molecule has 19 heavy (non-hydrogen) atoms. The van der Waals surface area contributed by atoms with E-state index in [0.29, 0.717) is 12.6 Å². The fraction of sp³-hybridized carbons (Fsp3) is 0.571. The van der Waals surface area contributed by atoms with Crippen LogP contribution in [0.3, 0.4) is 0 Å². The summed E-state index contributed by atoms with van der Waals surface area (Å²) >= 11 is 3.51. The Morgan fingerprint density at radius 2 is 2.00 bits per heavy atom. The van der Waals surface area contributed by atoms with Crippen LogP contribution in [-0.2, 0) is 13.1 Å². The minimum Gasteiger partial charge on any atom is -0.310 e. The van der Waals surface area contributed by atoms with Crippen LogP contribution >= 0.6 is 15.9 Å². The smallest absolute Gasteiger partial charge is 0.251 e. The Labute approximate surface area is 122 Å². The van der Waals surface area contributed by atoms with Gasteiger partial charge in [0.15, 0.2) is 0 Å². The Hall–Kier alpha value is -0.520. The van der Waals surface area contributed by atoms with Gasteiger partial charge in [-0.1, -0.05) is 41.9 Å². The second-order valence-corrected chi connectivity index (χ2v) is 5.90. The topological polar surface area (TPSA) is 15.3 Å². The van der Waals surface area contributed by atoms with Gasteiger partial charge < -0.3 is 5.32 Å². The molecule has 0 saturated carbocycles. The van der Waals surface area contributed by atoms with Crippen LogP contribution in [0.25, 0.3) is 0 Å². The standard InChI is InChI=1S/C14H21BrF2N2/c1-10(2)18-7-11-4-5-12(13(15)6-11)8-19(3)9-14(16)17/h4-6,10,14,18H,7-9H2,1-3H3. The Balaban J connectivity index is 2.61. The third-order valence-electron chi connectivity index (χ3n) is 2.72. The van der Waals surface area contributed by atoms with Gasteiger partial charge in [0.25, 0.3) is 6.43 Å². The highest BCUT2D eigenvalue weighted by atomic mass is 79.9. The van der Waals surface area contributed by atoms with Gasteiger partial charge in [-0.2, -0.15) is 0 Å². The molecule has 0 aromatic heterocycles. The van der Waals surface area contributed by atoms with E-state index in [1.54, 1.807) is 11.9 Å². The average Bonchev–Trinajstić information content (AvgIpc) is 2.28. The van der Waals surface area contributed by atoms with Crippen molar-refractivity contribution in [3.63, 3.8) is 0 Å². The van der Waals surface area contributed by atoms with Gasteiger partial charge in [0, 0.05) is 23.6 Å². The summed E-state index contributed by atoms with van der Waals surface area (Å²) in [5, 5.41) is 3.34. The first-order valence-electron chi connectivity index (χ1n) is 6.36. The number of alkyl halides is 2. The van der Waals surface area contributed by atoms with E-state index >= 15 is 0 Å². The van der Waals surface area contributed by atoms with Gasteiger partial charge in [-0.15, -0.1) is 0 Å². The van der Waals surface area contributed by atoms with E-state index in [4.69, 9.17) is 0 Å². The maximum absolute atomic E-state index is 12.3. The second-order valence-electron chi connectivity index (χ2n) is 5.05. The number of halogens is 3. The highest BCUT2D eigenvalue weighted by molar-refractivity contribution is 9.10. The number of nitrogens with zero attached hydrogens (tertiary/aromatic N) is 1. The van der Waals surface area contributed by atoms with E-state index in [2.05, 4.69) is 35.1 Å². The molecule has 5 heteroatoms. The highest BCUT2D eigenvalue weighted by Gasteiger charge is 2.10. The highest BCUT2D eigenvalue weighted by Crippen LogP contribution is 2.20. The quantitative estimate of drug-likeness (QED) is 0.818. The summed E-state index contributed by atoms with van der Waals surface area (Å²) in [6.07, 6.45) is -2.29. The molecule has 1 rings (SSSR count).